The number of hydrogen-bond acceptors (Lipinski definition) is 3. The van der Waals surface area contributed by atoms with Gasteiger partial charge in [0.2, 0.25) is 0 Å². The SMILES string of the molecule is COCC(C)CNCc1ncc(Cl)n1C. The van der Waals surface area contributed by atoms with Crippen LogP contribution in [0, 0.1) is 5.92 Å². The smallest absolute Gasteiger partial charge is 0.128 e. The highest BCUT2D eigenvalue weighted by Crippen LogP contribution is 2.08. The van der Waals surface area contributed by atoms with Gasteiger partial charge in [0.15, 0.2) is 0 Å². The Morgan fingerprint density at radius 1 is 1.67 bits per heavy atom. The number of aromatic nitrogens is 2. The molecular formula is C10H18ClN3O. The Morgan fingerprint density at radius 3 is 2.93 bits per heavy atom. The van der Waals surface area contributed by atoms with E-state index in [-0.39, 0.29) is 0 Å². The average Bonchev–Trinajstić information content (AvgIpc) is 2.50. The quantitative estimate of drug-likeness (QED) is 0.806. The highest BCUT2D eigenvalue weighted by Gasteiger charge is 2.05. The van der Waals surface area contributed by atoms with Crippen molar-refractivity contribution in [3.05, 3.63) is 17.2 Å². The molecule has 0 fully saturated rings. The number of nitrogens with one attached hydrogen (secondary N) is 1. The molecule has 5 heteroatoms. The Kier molecular flexibility index (Phi) is 5.08. The molecule has 1 unspecified atom stereocenters. The van der Waals surface area contributed by atoms with Crippen LogP contribution in [0.4, 0.5) is 0 Å². The molecule has 0 radical (unpaired) electrons. The zero-order valence-corrected chi connectivity index (χ0v) is 10.2. The minimum absolute atomic E-state index is 0.505. The maximum atomic E-state index is 5.87. The van der Waals surface area contributed by atoms with Crippen molar-refractivity contribution in [2.75, 3.05) is 20.3 Å². The molecule has 1 aromatic rings. The van der Waals surface area contributed by atoms with Gasteiger partial charge in [-0.15, -0.1) is 0 Å². The summed E-state index contributed by atoms with van der Waals surface area (Å²) in [6.45, 7) is 4.56. The van der Waals surface area contributed by atoms with Crippen LogP contribution in [-0.4, -0.2) is 29.8 Å². The molecule has 15 heavy (non-hydrogen) atoms. The first-order valence-corrected chi connectivity index (χ1v) is 5.38. The summed E-state index contributed by atoms with van der Waals surface area (Å²) >= 11 is 5.87. The predicted octanol–water partition coefficient (Wildman–Crippen LogP) is 1.45. The Labute approximate surface area is 95.6 Å². The van der Waals surface area contributed by atoms with Crippen LogP contribution >= 0.6 is 11.6 Å². The summed E-state index contributed by atoms with van der Waals surface area (Å²) < 4.78 is 6.92. The maximum Gasteiger partial charge on any atom is 0.128 e. The molecule has 0 spiro atoms. The van der Waals surface area contributed by atoms with Gasteiger partial charge in [0.05, 0.1) is 12.7 Å². The molecule has 4 nitrogen and oxygen atoms in total. The van der Waals surface area contributed by atoms with E-state index in [4.69, 9.17) is 16.3 Å². The van der Waals surface area contributed by atoms with E-state index >= 15 is 0 Å². The first-order chi connectivity index (χ1) is 7.15. The molecule has 0 aromatic carbocycles. The zero-order chi connectivity index (χ0) is 11.3. The second-order valence-corrected chi connectivity index (χ2v) is 4.13. The molecule has 0 amide bonds. The molecule has 1 atom stereocenters. The van der Waals surface area contributed by atoms with E-state index in [1.54, 1.807) is 13.3 Å². The minimum atomic E-state index is 0.505. The van der Waals surface area contributed by atoms with Gasteiger partial charge in [-0.25, -0.2) is 4.98 Å². The highest BCUT2D eigenvalue weighted by molar-refractivity contribution is 6.29. The van der Waals surface area contributed by atoms with E-state index in [1.165, 1.54) is 0 Å². The average molecular weight is 232 g/mol. The summed E-state index contributed by atoms with van der Waals surface area (Å²) in [5, 5.41) is 3.98. The van der Waals surface area contributed by atoms with Crippen LogP contribution < -0.4 is 5.32 Å². The summed E-state index contributed by atoms with van der Waals surface area (Å²) in [6.07, 6.45) is 1.66. The summed E-state index contributed by atoms with van der Waals surface area (Å²) in [5.41, 5.74) is 0. The third kappa shape index (κ3) is 3.81. The highest BCUT2D eigenvalue weighted by atomic mass is 35.5. The molecule has 0 saturated heterocycles. The lowest BCUT2D eigenvalue weighted by atomic mass is 10.2. The van der Waals surface area contributed by atoms with Crippen molar-refractivity contribution >= 4 is 11.6 Å². The second-order valence-electron chi connectivity index (χ2n) is 3.75. The fraction of sp³-hybridized carbons (Fsp3) is 0.700. The lowest BCUT2D eigenvalue weighted by Gasteiger charge is -2.11. The van der Waals surface area contributed by atoms with E-state index in [0.717, 1.165) is 25.5 Å². The standard InChI is InChI=1S/C10H18ClN3O/c1-8(7-15-3)4-12-6-10-13-5-9(11)14(10)2/h5,8,12H,4,6-7H2,1-3H3. The fourth-order valence-electron chi connectivity index (χ4n) is 1.36. The number of methoxy groups -OCH3 is 1. The first kappa shape index (κ1) is 12.5. The van der Waals surface area contributed by atoms with Gasteiger partial charge in [-0.3, -0.25) is 0 Å². The lowest BCUT2D eigenvalue weighted by Crippen LogP contribution is -2.24. The van der Waals surface area contributed by atoms with Crippen molar-refractivity contribution in [3.63, 3.8) is 0 Å². The zero-order valence-electron chi connectivity index (χ0n) is 9.46. The normalized spacial score (nSPS) is 13.1. The largest absolute Gasteiger partial charge is 0.384 e. The van der Waals surface area contributed by atoms with Gasteiger partial charge in [0, 0.05) is 27.3 Å². The molecular weight excluding hydrogens is 214 g/mol. The summed E-state index contributed by atoms with van der Waals surface area (Å²) in [7, 11) is 3.62. The molecule has 1 rings (SSSR count). The van der Waals surface area contributed by atoms with Gasteiger partial charge in [0.25, 0.3) is 0 Å². The lowest BCUT2D eigenvalue weighted by molar-refractivity contribution is 0.158. The Bertz CT molecular complexity index is 301. The van der Waals surface area contributed by atoms with E-state index in [0.29, 0.717) is 11.1 Å². The monoisotopic (exact) mass is 231 g/mol. The maximum absolute atomic E-state index is 5.87. The number of nitrogens with zero attached hydrogens (tertiary/aromatic N) is 2. The van der Waals surface area contributed by atoms with Crippen molar-refractivity contribution in [1.82, 2.24) is 14.9 Å². The van der Waals surface area contributed by atoms with E-state index in [9.17, 15) is 0 Å². The molecule has 0 bridgehead atoms. The molecule has 0 aliphatic heterocycles. The molecule has 0 aliphatic carbocycles. The summed E-state index contributed by atoms with van der Waals surface area (Å²) in [5.74, 6) is 1.45. The summed E-state index contributed by atoms with van der Waals surface area (Å²) in [6, 6.07) is 0. The van der Waals surface area contributed by atoms with Crippen LogP contribution in [0.15, 0.2) is 6.20 Å². The van der Waals surface area contributed by atoms with Gasteiger partial charge < -0.3 is 14.6 Å². The van der Waals surface area contributed by atoms with Crippen molar-refractivity contribution in [1.29, 1.82) is 0 Å². The summed E-state index contributed by atoms with van der Waals surface area (Å²) in [4.78, 5) is 4.20. The Hall–Kier alpha value is -0.580. The van der Waals surface area contributed by atoms with E-state index in [1.807, 2.05) is 11.6 Å². The van der Waals surface area contributed by atoms with Crippen LogP contribution in [-0.2, 0) is 18.3 Å². The van der Waals surface area contributed by atoms with Gasteiger partial charge in [0.1, 0.15) is 11.0 Å². The van der Waals surface area contributed by atoms with Gasteiger partial charge in [-0.05, 0) is 5.92 Å². The van der Waals surface area contributed by atoms with E-state index < -0.39 is 0 Å². The number of ether oxygens (including phenoxy) is 1. The van der Waals surface area contributed by atoms with Crippen LogP contribution in [0.5, 0.6) is 0 Å². The predicted molar refractivity (Wildman–Crippen MR) is 61.0 cm³/mol. The number of hydrogen-bond donors (Lipinski definition) is 1. The Morgan fingerprint density at radius 2 is 2.40 bits per heavy atom. The van der Waals surface area contributed by atoms with Crippen LogP contribution in [0.1, 0.15) is 12.7 Å². The molecule has 1 heterocycles. The molecule has 86 valence electrons. The number of imidazole rings is 1. The molecule has 0 aliphatic rings. The van der Waals surface area contributed by atoms with Crippen LogP contribution in [0.25, 0.3) is 0 Å². The van der Waals surface area contributed by atoms with Crippen molar-refractivity contribution < 1.29 is 4.74 Å². The molecule has 1 N–H and O–H groups in total. The topological polar surface area (TPSA) is 39.1 Å². The van der Waals surface area contributed by atoms with Crippen molar-refractivity contribution in [3.8, 4) is 0 Å². The second kappa shape index (κ2) is 6.10. The third-order valence-corrected chi connectivity index (χ3v) is 2.61. The fourth-order valence-corrected chi connectivity index (χ4v) is 1.51. The van der Waals surface area contributed by atoms with Gasteiger partial charge >= 0.3 is 0 Å². The van der Waals surface area contributed by atoms with E-state index in [2.05, 4.69) is 17.2 Å². The van der Waals surface area contributed by atoms with Crippen LogP contribution in [0.2, 0.25) is 5.15 Å². The van der Waals surface area contributed by atoms with Crippen LogP contribution in [0.3, 0.4) is 0 Å². The van der Waals surface area contributed by atoms with Gasteiger partial charge in [-0.1, -0.05) is 18.5 Å². The Balaban J connectivity index is 2.29. The minimum Gasteiger partial charge on any atom is -0.384 e. The van der Waals surface area contributed by atoms with Crippen molar-refractivity contribution in [2.24, 2.45) is 13.0 Å². The third-order valence-electron chi connectivity index (χ3n) is 2.25. The van der Waals surface area contributed by atoms with Gasteiger partial charge in [-0.2, -0.15) is 0 Å². The first-order valence-electron chi connectivity index (χ1n) is 5.01. The molecule has 0 saturated carbocycles. The number of halogens is 1. The van der Waals surface area contributed by atoms with Crippen molar-refractivity contribution in [2.45, 2.75) is 13.5 Å². The number of rotatable bonds is 6. The molecule has 1 aromatic heterocycles.